The first kappa shape index (κ1) is 12.1. The predicted molar refractivity (Wildman–Crippen MR) is 67.9 cm³/mol. The zero-order valence-corrected chi connectivity index (χ0v) is 10.5. The van der Waals surface area contributed by atoms with E-state index in [9.17, 15) is 4.79 Å². The molecule has 0 fully saturated rings. The van der Waals surface area contributed by atoms with E-state index in [0.29, 0.717) is 22.8 Å². The quantitative estimate of drug-likeness (QED) is 0.756. The van der Waals surface area contributed by atoms with Gasteiger partial charge in [-0.15, -0.1) is 0 Å². The molecule has 0 radical (unpaired) electrons. The largest absolute Gasteiger partial charge is 0.383 e. The first-order chi connectivity index (χ1) is 8.49. The number of hydrogen-bond donors (Lipinski definition) is 2. The number of nitrogens with two attached hydrogens (primary N) is 1. The molecule has 0 aromatic carbocycles. The molecule has 18 heavy (non-hydrogen) atoms. The molecule has 1 amide bonds. The fourth-order valence-electron chi connectivity index (χ4n) is 1.44. The molecule has 0 unspecified atom stereocenters. The molecule has 8 nitrogen and oxygen atoms in total. The summed E-state index contributed by atoms with van der Waals surface area (Å²) < 4.78 is 1.60. The molecule has 0 aliphatic carbocycles. The molecule has 2 rings (SSSR count). The van der Waals surface area contributed by atoms with Gasteiger partial charge in [-0.1, -0.05) is 0 Å². The Morgan fingerprint density at radius 1 is 1.50 bits per heavy atom. The van der Waals surface area contributed by atoms with Crippen molar-refractivity contribution in [2.24, 2.45) is 7.05 Å². The summed E-state index contributed by atoms with van der Waals surface area (Å²) in [6.07, 6.45) is 1.61. The van der Waals surface area contributed by atoms with E-state index >= 15 is 0 Å². The second kappa shape index (κ2) is 4.47. The van der Waals surface area contributed by atoms with Crippen LogP contribution in [0.2, 0.25) is 0 Å². The van der Waals surface area contributed by atoms with E-state index in [2.05, 4.69) is 20.4 Å². The van der Waals surface area contributed by atoms with E-state index in [1.165, 1.54) is 4.90 Å². The van der Waals surface area contributed by atoms with Gasteiger partial charge in [0.25, 0.3) is 0 Å². The minimum Gasteiger partial charge on any atom is -0.383 e. The lowest BCUT2D eigenvalue weighted by molar-refractivity contribution is -0.126. The number of rotatable bonds is 3. The van der Waals surface area contributed by atoms with Crippen LogP contribution in [-0.2, 0) is 11.8 Å². The third kappa shape index (κ3) is 2.17. The van der Waals surface area contributed by atoms with Crippen LogP contribution in [0.25, 0.3) is 11.0 Å². The Morgan fingerprint density at radius 3 is 2.89 bits per heavy atom. The molecule has 0 atom stereocenters. The predicted octanol–water partition coefficient (Wildman–Crippen LogP) is -0.554. The third-order valence-corrected chi connectivity index (χ3v) is 2.52. The molecule has 96 valence electrons. The molecule has 0 saturated heterocycles. The van der Waals surface area contributed by atoms with Gasteiger partial charge in [-0.05, 0) is 0 Å². The Hall–Kier alpha value is -2.38. The van der Waals surface area contributed by atoms with Gasteiger partial charge in [0.05, 0.1) is 18.1 Å². The van der Waals surface area contributed by atoms with Crippen molar-refractivity contribution in [2.45, 2.75) is 0 Å². The summed E-state index contributed by atoms with van der Waals surface area (Å²) in [6.45, 7) is 0.121. The van der Waals surface area contributed by atoms with Crippen molar-refractivity contribution in [1.29, 1.82) is 0 Å². The highest BCUT2D eigenvalue weighted by Gasteiger charge is 2.10. The summed E-state index contributed by atoms with van der Waals surface area (Å²) in [4.78, 5) is 21.3. The molecule has 2 aromatic heterocycles. The maximum absolute atomic E-state index is 11.4. The van der Waals surface area contributed by atoms with Crippen molar-refractivity contribution < 1.29 is 4.79 Å². The van der Waals surface area contributed by atoms with Gasteiger partial charge in [0.2, 0.25) is 11.9 Å². The van der Waals surface area contributed by atoms with E-state index in [1.54, 1.807) is 32.0 Å². The van der Waals surface area contributed by atoms with E-state index in [1.807, 2.05) is 0 Å². The molecule has 0 saturated carbocycles. The van der Waals surface area contributed by atoms with Gasteiger partial charge in [-0.2, -0.15) is 15.1 Å². The lowest BCUT2D eigenvalue weighted by Crippen LogP contribution is -2.29. The van der Waals surface area contributed by atoms with Crippen LogP contribution in [-0.4, -0.2) is 51.2 Å². The number of hydrogen-bond acceptors (Lipinski definition) is 6. The molecule has 0 bridgehead atoms. The van der Waals surface area contributed by atoms with Gasteiger partial charge in [0.15, 0.2) is 5.65 Å². The molecule has 0 aliphatic rings. The molecule has 2 heterocycles. The summed E-state index contributed by atoms with van der Waals surface area (Å²) in [6, 6.07) is 0. The van der Waals surface area contributed by atoms with Crippen molar-refractivity contribution in [3.05, 3.63) is 6.20 Å². The van der Waals surface area contributed by atoms with Gasteiger partial charge in [0, 0.05) is 21.1 Å². The molecule has 0 spiro atoms. The van der Waals surface area contributed by atoms with Crippen LogP contribution in [0.4, 0.5) is 11.8 Å². The number of nitrogens with zero attached hydrogens (tertiary/aromatic N) is 5. The zero-order chi connectivity index (χ0) is 13.3. The molecule has 0 aliphatic heterocycles. The minimum absolute atomic E-state index is 0.0673. The summed E-state index contributed by atoms with van der Waals surface area (Å²) in [5.41, 5.74) is 6.42. The Labute approximate surface area is 104 Å². The Morgan fingerprint density at radius 2 is 2.22 bits per heavy atom. The number of fused-ring (bicyclic) bond motifs is 1. The highest BCUT2D eigenvalue weighted by molar-refractivity contribution is 5.86. The van der Waals surface area contributed by atoms with Crippen LogP contribution in [0.15, 0.2) is 6.20 Å². The number of nitrogens with one attached hydrogen (secondary N) is 1. The van der Waals surface area contributed by atoms with Crippen LogP contribution < -0.4 is 11.1 Å². The second-order valence-corrected chi connectivity index (χ2v) is 4.08. The summed E-state index contributed by atoms with van der Waals surface area (Å²) >= 11 is 0. The molecular formula is C10H15N7O. The van der Waals surface area contributed by atoms with Gasteiger partial charge in [-0.25, -0.2) is 0 Å². The molecule has 3 N–H and O–H groups in total. The first-order valence-electron chi connectivity index (χ1n) is 5.38. The fraction of sp³-hybridized carbons (Fsp3) is 0.400. The van der Waals surface area contributed by atoms with E-state index in [-0.39, 0.29) is 12.5 Å². The number of aryl methyl sites for hydroxylation is 1. The van der Waals surface area contributed by atoms with Crippen molar-refractivity contribution in [3.63, 3.8) is 0 Å². The van der Waals surface area contributed by atoms with E-state index < -0.39 is 0 Å². The normalized spacial score (nSPS) is 10.6. The monoisotopic (exact) mass is 249 g/mol. The number of amides is 1. The topological polar surface area (TPSA) is 102 Å². The number of aromatic nitrogens is 4. The maximum atomic E-state index is 11.4. The number of nitrogen functional groups attached to an aromatic ring is 1. The van der Waals surface area contributed by atoms with Crippen molar-refractivity contribution in [2.75, 3.05) is 31.7 Å². The lowest BCUT2D eigenvalue weighted by Gasteiger charge is -2.11. The summed E-state index contributed by atoms with van der Waals surface area (Å²) in [7, 11) is 5.14. The number of carbonyl (C=O) groups is 1. The van der Waals surface area contributed by atoms with Crippen LogP contribution in [0.1, 0.15) is 0 Å². The van der Waals surface area contributed by atoms with Crippen LogP contribution >= 0.6 is 0 Å². The minimum atomic E-state index is -0.0673. The highest BCUT2D eigenvalue weighted by Crippen LogP contribution is 2.17. The van der Waals surface area contributed by atoms with E-state index in [0.717, 1.165) is 0 Å². The van der Waals surface area contributed by atoms with Crippen LogP contribution in [0, 0.1) is 0 Å². The Kier molecular flexibility index (Phi) is 3.00. The number of carbonyl (C=O) groups excluding carboxylic acids is 1. The summed E-state index contributed by atoms with van der Waals surface area (Å²) in [5, 5.41) is 7.59. The highest BCUT2D eigenvalue weighted by atomic mass is 16.2. The molecular weight excluding hydrogens is 234 g/mol. The molecule has 8 heteroatoms. The second-order valence-electron chi connectivity index (χ2n) is 4.08. The Balaban J connectivity index is 2.24. The van der Waals surface area contributed by atoms with Crippen molar-refractivity contribution in [3.8, 4) is 0 Å². The maximum Gasteiger partial charge on any atom is 0.241 e. The zero-order valence-electron chi connectivity index (χ0n) is 10.5. The standard InChI is InChI=1S/C10H15N7O/c1-16(2)7(18)5-12-10-14-8(11)6-4-13-17(3)9(6)15-10/h4H,5H2,1-3H3,(H3,11,12,14,15). The first-order valence-corrected chi connectivity index (χ1v) is 5.38. The third-order valence-electron chi connectivity index (χ3n) is 2.52. The Bertz CT molecular complexity index is 589. The van der Waals surface area contributed by atoms with E-state index in [4.69, 9.17) is 5.73 Å². The van der Waals surface area contributed by atoms with Gasteiger partial charge in [0.1, 0.15) is 5.82 Å². The lowest BCUT2D eigenvalue weighted by atomic mass is 10.4. The van der Waals surface area contributed by atoms with Crippen molar-refractivity contribution in [1.82, 2.24) is 24.6 Å². The van der Waals surface area contributed by atoms with Gasteiger partial charge >= 0.3 is 0 Å². The van der Waals surface area contributed by atoms with Gasteiger partial charge < -0.3 is 16.0 Å². The average Bonchev–Trinajstić information content (AvgIpc) is 2.68. The molecule has 2 aromatic rings. The fourth-order valence-corrected chi connectivity index (χ4v) is 1.44. The number of likely N-dealkylation sites (N-methyl/N-ethyl adjacent to an activating group) is 1. The average molecular weight is 249 g/mol. The SMILES string of the molecule is CN(C)C(=O)CNc1nc(N)c2cnn(C)c2n1. The smallest absolute Gasteiger partial charge is 0.241 e. The van der Waals surface area contributed by atoms with Crippen LogP contribution in [0.5, 0.6) is 0 Å². The van der Waals surface area contributed by atoms with Gasteiger partial charge in [-0.3, -0.25) is 9.48 Å². The van der Waals surface area contributed by atoms with Crippen LogP contribution in [0.3, 0.4) is 0 Å². The number of anilines is 2. The van der Waals surface area contributed by atoms with Crippen molar-refractivity contribution >= 4 is 28.7 Å². The summed E-state index contributed by atoms with van der Waals surface area (Å²) in [5.74, 6) is 0.592.